The summed E-state index contributed by atoms with van der Waals surface area (Å²) in [6.07, 6.45) is 1.23. The standard InChI is InChI=1S/C17H30N4O2S.HI/c1-13-11-14(7-8-15(13)24(6,22)23)12-20-16(18-5)19-9-10-21-17(2,3)4;/h7-8,11,21H,9-10,12H2,1-6H3,(H2,18,19,20);1H. The molecular formula is C17H31IN4O2S. The highest BCUT2D eigenvalue weighted by molar-refractivity contribution is 14.0. The Morgan fingerprint density at radius 1 is 1.16 bits per heavy atom. The molecule has 0 aromatic heterocycles. The molecule has 144 valence electrons. The fourth-order valence-electron chi connectivity index (χ4n) is 2.26. The number of guanidine groups is 1. The predicted octanol–water partition coefficient (Wildman–Crippen LogP) is 2.07. The van der Waals surface area contributed by atoms with Crippen molar-refractivity contribution in [2.24, 2.45) is 4.99 Å². The van der Waals surface area contributed by atoms with Crippen molar-refractivity contribution < 1.29 is 8.42 Å². The van der Waals surface area contributed by atoms with E-state index < -0.39 is 9.84 Å². The van der Waals surface area contributed by atoms with Crippen molar-refractivity contribution in [2.45, 2.75) is 44.7 Å². The summed E-state index contributed by atoms with van der Waals surface area (Å²) in [6.45, 7) is 10.4. The largest absolute Gasteiger partial charge is 0.355 e. The number of hydrogen-bond donors (Lipinski definition) is 3. The number of benzene rings is 1. The van der Waals surface area contributed by atoms with Crippen LogP contribution in [0.3, 0.4) is 0 Å². The lowest BCUT2D eigenvalue weighted by Crippen LogP contribution is -2.44. The number of aryl methyl sites for hydroxylation is 1. The molecule has 1 rings (SSSR count). The summed E-state index contributed by atoms with van der Waals surface area (Å²) in [5, 5.41) is 9.87. The van der Waals surface area contributed by atoms with Crippen molar-refractivity contribution in [3.63, 3.8) is 0 Å². The number of rotatable bonds is 6. The zero-order chi connectivity index (χ0) is 18.4. The SMILES string of the molecule is CN=C(NCCNC(C)(C)C)NCc1ccc(S(C)(=O)=O)c(C)c1.I. The second-order valence-corrected chi connectivity index (χ2v) is 8.89. The molecule has 0 radical (unpaired) electrons. The maximum atomic E-state index is 11.6. The molecule has 1 aromatic carbocycles. The predicted molar refractivity (Wildman–Crippen MR) is 116 cm³/mol. The van der Waals surface area contributed by atoms with Crippen LogP contribution in [0.4, 0.5) is 0 Å². The molecule has 0 saturated heterocycles. The van der Waals surface area contributed by atoms with E-state index in [0.717, 1.165) is 30.2 Å². The van der Waals surface area contributed by atoms with Gasteiger partial charge in [-0.1, -0.05) is 12.1 Å². The highest BCUT2D eigenvalue weighted by Crippen LogP contribution is 2.16. The Labute approximate surface area is 169 Å². The van der Waals surface area contributed by atoms with Crippen LogP contribution in [-0.4, -0.2) is 46.3 Å². The molecule has 0 aliphatic heterocycles. The molecule has 0 saturated carbocycles. The van der Waals surface area contributed by atoms with E-state index in [-0.39, 0.29) is 29.5 Å². The molecular weight excluding hydrogens is 451 g/mol. The molecule has 1 aromatic rings. The van der Waals surface area contributed by atoms with Crippen LogP contribution in [0.2, 0.25) is 0 Å². The molecule has 0 amide bonds. The first-order valence-corrected chi connectivity index (χ1v) is 9.91. The maximum absolute atomic E-state index is 11.6. The molecule has 0 aliphatic rings. The van der Waals surface area contributed by atoms with Crippen LogP contribution >= 0.6 is 24.0 Å². The minimum atomic E-state index is -3.18. The van der Waals surface area contributed by atoms with E-state index in [1.165, 1.54) is 6.26 Å². The second-order valence-electron chi connectivity index (χ2n) is 6.90. The van der Waals surface area contributed by atoms with Gasteiger partial charge in [0.1, 0.15) is 0 Å². The maximum Gasteiger partial charge on any atom is 0.191 e. The summed E-state index contributed by atoms with van der Waals surface area (Å²) in [4.78, 5) is 4.56. The van der Waals surface area contributed by atoms with Gasteiger partial charge in [0.15, 0.2) is 15.8 Å². The first kappa shape index (κ1) is 24.1. The van der Waals surface area contributed by atoms with Gasteiger partial charge in [-0.15, -0.1) is 24.0 Å². The molecule has 6 nitrogen and oxygen atoms in total. The van der Waals surface area contributed by atoms with Gasteiger partial charge >= 0.3 is 0 Å². The van der Waals surface area contributed by atoms with Crippen LogP contribution in [0, 0.1) is 6.92 Å². The third kappa shape index (κ3) is 9.41. The fraction of sp³-hybridized carbons (Fsp3) is 0.588. The van der Waals surface area contributed by atoms with Gasteiger partial charge in [0.25, 0.3) is 0 Å². The number of halogens is 1. The van der Waals surface area contributed by atoms with Crippen LogP contribution in [0.25, 0.3) is 0 Å². The molecule has 0 atom stereocenters. The van der Waals surface area contributed by atoms with Crippen LogP contribution < -0.4 is 16.0 Å². The van der Waals surface area contributed by atoms with Gasteiger partial charge in [-0.3, -0.25) is 4.99 Å². The molecule has 0 unspecified atom stereocenters. The van der Waals surface area contributed by atoms with Crippen LogP contribution in [0.1, 0.15) is 31.9 Å². The summed E-state index contributed by atoms with van der Waals surface area (Å²) in [5.41, 5.74) is 1.86. The van der Waals surface area contributed by atoms with Crippen LogP contribution in [0.5, 0.6) is 0 Å². The van der Waals surface area contributed by atoms with E-state index in [1.807, 2.05) is 19.1 Å². The minimum absolute atomic E-state index is 0. The van der Waals surface area contributed by atoms with Crippen molar-refractivity contribution in [2.75, 3.05) is 26.4 Å². The average molecular weight is 482 g/mol. The van der Waals surface area contributed by atoms with Crippen molar-refractivity contribution in [3.8, 4) is 0 Å². The number of nitrogens with one attached hydrogen (secondary N) is 3. The van der Waals surface area contributed by atoms with Crippen LogP contribution in [0.15, 0.2) is 28.1 Å². The molecule has 25 heavy (non-hydrogen) atoms. The molecule has 0 heterocycles. The highest BCUT2D eigenvalue weighted by Gasteiger charge is 2.11. The topological polar surface area (TPSA) is 82.6 Å². The first-order chi connectivity index (χ1) is 11.0. The van der Waals surface area contributed by atoms with Gasteiger partial charge in [-0.2, -0.15) is 0 Å². The molecule has 8 heteroatoms. The van der Waals surface area contributed by atoms with Crippen molar-refractivity contribution in [1.29, 1.82) is 0 Å². The van der Waals surface area contributed by atoms with Gasteiger partial charge in [-0.05, 0) is 44.9 Å². The van der Waals surface area contributed by atoms with E-state index >= 15 is 0 Å². The Bertz CT molecular complexity index is 682. The van der Waals surface area contributed by atoms with Crippen molar-refractivity contribution in [1.82, 2.24) is 16.0 Å². The molecule has 0 fully saturated rings. The number of nitrogens with zero attached hydrogens (tertiary/aromatic N) is 1. The summed E-state index contributed by atoms with van der Waals surface area (Å²) < 4.78 is 23.3. The Balaban J connectivity index is 0.00000576. The van der Waals surface area contributed by atoms with Gasteiger partial charge in [-0.25, -0.2) is 8.42 Å². The lowest BCUT2D eigenvalue weighted by molar-refractivity contribution is 0.428. The van der Waals surface area contributed by atoms with Gasteiger partial charge < -0.3 is 16.0 Å². The zero-order valence-corrected chi connectivity index (χ0v) is 19.1. The molecule has 0 bridgehead atoms. The average Bonchev–Trinajstić information content (AvgIpc) is 2.44. The second kappa shape index (κ2) is 10.3. The van der Waals surface area contributed by atoms with E-state index in [0.29, 0.717) is 11.4 Å². The third-order valence-corrected chi connectivity index (χ3v) is 4.65. The molecule has 3 N–H and O–H groups in total. The zero-order valence-electron chi connectivity index (χ0n) is 15.9. The summed E-state index contributed by atoms with van der Waals surface area (Å²) in [6, 6.07) is 5.37. The Kier molecular flexibility index (Phi) is 9.96. The minimum Gasteiger partial charge on any atom is -0.355 e. The summed E-state index contributed by atoms with van der Waals surface area (Å²) >= 11 is 0. The van der Waals surface area contributed by atoms with Crippen molar-refractivity contribution >= 4 is 39.8 Å². The monoisotopic (exact) mass is 482 g/mol. The summed E-state index contributed by atoms with van der Waals surface area (Å²) in [5.74, 6) is 0.718. The van der Waals surface area contributed by atoms with Crippen molar-refractivity contribution in [3.05, 3.63) is 29.3 Å². The quantitative estimate of drug-likeness (QED) is 0.250. The van der Waals surface area contributed by atoms with E-state index in [1.54, 1.807) is 13.1 Å². The van der Waals surface area contributed by atoms with Gasteiger partial charge in [0.05, 0.1) is 4.90 Å². The van der Waals surface area contributed by atoms with E-state index in [2.05, 4.69) is 41.7 Å². The van der Waals surface area contributed by atoms with Gasteiger partial charge in [0.2, 0.25) is 0 Å². The Hall–Kier alpha value is -0.870. The normalized spacial score (nSPS) is 12.5. The van der Waals surface area contributed by atoms with Crippen LogP contribution in [-0.2, 0) is 16.4 Å². The third-order valence-electron chi connectivity index (χ3n) is 3.40. The molecule has 0 spiro atoms. The van der Waals surface area contributed by atoms with Gasteiger partial charge in [0, 0.05) is 38.5 Å². The van der Waals surface area contributed by atoms with E-state index in [9.17, 15) is 8.42 Å². The lowest BCUT2D eigenvalue weighted by Gasteiger charge is -2.21. The Morgan fingerprint density at radius 2 is 1.80 bits per heavy atom. The fourth-order valence-corrected chi connectivity index (χ4v) is 3.22. The number of sulfone groups is 1. The summed E-state index contributed by atoms with van der Waals surface area (Å²) in [7, 11) is -1.45. The Morgan fingerprint density at radius 3 is 2.28 bits per heavy atom. The van der Waals surface area contributed by atoms with E-state index in [4.69, 9.17) is 0 Å². The smallest absolute Gasteiger partial charge is 0.191 e. The lowest BCUT2D eigenvalue weighted by atomic mass is 10.1. The highest BCUT2D eigenvalue weighted by atomic mass is 127. The molecule has 0 aliphatic carbocycles. The number of aliphatic imine (C=N–C) groups is 1. The first-order valence-electron chi connectivity index (χ1n) is 8.02. The number of hydrogen-bond acceptors (Lipinski definition) is 4.